The molecule has 0 spiro atoms. The van der Waals surface area contributed by atoms with Gasteiger partial charge in [-0.3, -0.25) is 4.79 Å². The van der Waals surface area contributed by atoms with Crippen LogP contribution < -0.4 is 0 Å². The average Bonchev–Trinajstić information content (AvgIpc) is 2.09. The van der Waals surface area contributed by atoms with Crippen LogP contribution >= 0.6 is 0 Å². The molecule has 17 heavy (non-hydrogen) atoms. The van der Waals surface area contributed by atoms with E-state index in [0.29, 0.717) is 13.2 Å². The van der Waals surface area contributed by atoms with Gasteiger partial charge in [-0.1, -0.05) is 41.5 Å². The number of hydrogen-bond acceptors (Lipinski definition) is 4. The van der Waals surface area contributed by atoms with Crippen LogP contribution in [0.4, 0.5) is 0 Å². The van der Waals surface area contributed by atoms with E-state index in [1.54, 1.807) is 0 Å². The molecule has 0 saturated heterocycles. The first-order valence-corrected chi connectivity index (χ1v) is 5.95. The zero-order chi connectivity index (χ0) is 13.7. The van der Waals surface area contributed by atoms with E-state index in [1.165, 1.54) is 0 Å². The van der Waals surface area contributed by atoms with Gasteiger partial charge in [0.2, 0.25) is 0 Å². The second-order valence-electron chi connectivity index (χ2n) is 6.75. The van der Waals surface area contributed by atoms with E-state index in [1.807, 2.05) is 41.5 Å². The van der Waals surface area contributed by atoms with Crippen LogP contribution in [-0.2, 0) is 14.3 Å². The zero-order valence-corrected chi connectivity index (χ0v) is 11.9. The standard InChI is InChI=1S/C13H26O4/c1-12(2,3)8-16-10(14)7-11(15)17-9-13(4,5)6/h10,14H,7-9H2,1-6H3. The third-order valence-corrected chi connectivity index (χ3v) is 1.72. The molecule has 0 amide bonds. The lowest BCUT2D eigenvalue weighted by Crippen LogP contribution is -2.26. The minimum atomic E-state index is -1.08. The summed E-state index contributed by atoms with van der Waals surface area (Å²) in [5.74, 6) is -0.429. The molecule has 4 heteroatoms. The van der Waals surface area contributed by atoms with Gasteiger partial charge in [0.15, 0.2) is 6.29 Å². The molecule has 0 rings (SSSR count). The van der Waals surface area contributed by atoms with Crippen LogP contribution in [0.1, 0.15) is 48.0 Å². The van der Waals surface area contributed by atoms with E-state index in [0.717, 1.165) is 0 Å². The number of ether oxygens (including phenoxy) is 2. The second-order valence-corrected chi connectivity index (χ2v) is 6.75. The molecule has 0 heterocycles. The number of hydrogen-bond donors (Lipinski definition) is 1. The molecular formula is C13H26O4. The van der Waals surface area contributed by atoms with Crippen molar-refractivity contribution in [1.29, 1.82) is 0 Å². The minimum Gasteiger partial charge on any atom is -0.465 e. The Hall–Kier alpha value is -0.610. The van der Waals surface area contributed by atoms with Crippen LogP contribution in [0.3, 0.4) is 0 Å². The topological polar surface area (TPSA) is 55.8 Å². The lowest BCUT2D eigenvalue weighted by Gasteiger charge is -2.21. The third kappa shape index (κ3) is 11.6. The number of carbonyl (C=O) groups excluding carboxylic acids is 1. The Bertz CT molecular complexity index is 235. The van der Waals surface area contributed by atoms with Crippen molar-refractivity contribution in [3.8, 4) is 0 Å². The highest BCUT2D eigenvalue weighted by Gasteiger charge is 2.19. The Morgan fingerprint density at radius 2 is 1.53 bits per heavy atom. The van der Waals surface area contributed by atoms with Crippen LogP contribution in [0.5, 0.6) is 0 Å². The van der Waals surface area contributed by atoms with E-state index in [-0.39, 0.29) is 17.3 Å². The van der Waals surface area contributed by atoms with Crippen LogP contribution in [0, 0.1) is 10.8 Å². The monoisotopic (exact) mass is 246 g/mol. The van der Waals surface area contributed by atoms with E-state index >= 15 is 0 Å². The van der Waals surface area contributed by atoms with Gasteiger partial charge in [-0.05, 0) is 10.8 Å². The third-order valence-electron chi connectivity index (χ3n) is 1.72. The van der Waals surface area contributed by atoms with Crippen molar-refractivity contribution < 1.29 is 19.4 Å². The molecule has 0 aromatic carbocycles. The molecular weight excluding hydrogens is 220 g/mol. The number of esters is 1. The van der Waals surface area contributed by atoms with Crippen LogP contribution in [0.15, 0.2) is 0 Å². The van der Waals surface area contributed by atoms with Crippen molar-refractivity contribution in [1.82, 2.24) is 0 Å². The summed E-state index contributed by atoms with van der Waals surface area (Å²) < 4.78 is 10.2. The molecule has 0 aromatic heterocycles. The fourth-order valence-corrected chi connectivity index (χ4v) is 0.904. The summed E-state index contributed by atoms with van der Waals surface area (Å²) in [6, 6.07) is 0. The largest absolute Gasteiger partial charge is 0.465 e. The first-order valence-electron chi connectivity index (χ1n) is 5.95. The molecule has 0 aromatic rings. The molecule has 102 valence electrons. The molecule has 1 unspecified atom stereocenters. The summed E-state index contributed by atoms with van der Waals surface area (Å²) in [7, 11) is 0. The molecule has 0 saturated carbocycles. The molecule has 4 nitrogen and oxygen atoms in total. The summed E-state index contributed by atoms with van der Waals surface area (Å²) in [6.07, 6.45) is -1.20. The van der Waals surface area contributed by atoms with Crippen molar-refractivity contribution in [3.05, 3.63) is 0 Å². The van der Waals surface area contributed by atoms with Crippen LogP contribution in [0.2, 0.25) is 0 Å². The molecule has 1 atom stereocenters. The van der Waals surface area contributed by atoms with Gasteiger partial charge in [-0.15, -0.1) is 0 Å². The van der Waals surface area contributed by atoms with Gasteiger partial charge in [0, 0.05) is 0 Å². The van der Waals surface area contributed by atoms with Gasteiger partial charge in [0.1, 0.15) is 0 Å². The predicted octanol–water partition coefficient (Wildman–Crippen LogP) is 2.35. The van der Waals surface area contributed by atoms with Crippen molar-refractivity contribution in [2.75, 3.05) is 13.2 Å². The lowest BCUT2D eigenvalue weighted by atomic mass is 9.99. The maximum Gasteiger partial charge on any atom is 0.310 e. The lowest BCUT2D eigenvalue weighted by molar-refractivity contribution is -0.164. The Kier molecular flexibility index (Phi) is 6.13. The highest BCUT2D eigenvalue weighted by Crippen LogP contribution is 2.16. The van der Waals surface area contributed by atoms with Gasteiger partial charge in [-0.2, -0.15) is 0 Å². The SMILES string of the molecule is CC(C)(C)COC(=O)CC(O)OCC(C)(C)C. The van der Waals surface area contributed by atoms with E-state index < -0.39 is 12.3 Å². The van der Waals surface area contributed by atoms with Gasteiger partial charge >= 0.3 is 5.97 Å². The van der Waals surface area contributed by atoms with E-state index in [2.05, 4.69) is 0 Å². The van der Waals surface area contributed by atoms with Gasteiger partial charge in [0.25, 0.3) is 0 Å². The fourth-order valence-electron chi connectivity index (χ4n) is 0.904. The van der Waals surface area contributed by atoms with Crippen molar-refractivity contribution >= 4 is 5.97 Å². The Balaban J connectivity index is 3.81. The molecule has 0 aliphatic heterocycles. The van der Waals surface area contributed by atoms with E-state index in [9.17, 15) is 9.90 Å². The normalized spacial score (nSPS) is 14.5. The van der Waals surface area contributed by atoms with Crippen LogP contribution in [0.25, 0.3) is 0 Å². The highest BCUT2D eigenvalue weighted by atomic mass is 16.6. The first-order chi connectivity index (χ1) is 7.49. The molecule has 0 bridgehead atoms. The second kappa shape index (κ2) is 6.36. The Labute approximate surface area is 104 Å². The smallest absolute Gasteiger partial charge is 0.310 e. The minimum absolute atomic E-state index is 0.0315. The maximum absolute atomic E-state index is 11.4. The predicted molar refractivity (Wildman–Crippen MR) is 66.4 cm³/mol. The molecule has 0 aliphatic rings. The van der Waals surface area contributed by atoms with Gasteiger partial charge in [-0.25, -0.2) is 0 Å². The molecule has 1 N–H and O–H groups in total. The number of carbonyl (C=O) groups is 1. The average molecular weight is 246 g/mol. The van der Waals surface area contributed by atoms with Crippen molar-refractivity contribution in [2.24, 2.45) is 10.8 Å². The maximum atomic E-state index is 11.4. The first kappa shape index (κ1) is 16.4. The number of rotatable bonds is 5. The Morgan fingerprint density at radius 3 is 1.94 bits per heavy atom. The highest BCUT2D eigenvalue weighted by molar-refractivity contribution is 5.69. The Morgan fingerprint density at radius 1 is 1.06 bits per heavy atom. The summed E-state index contributed by atoms with van der Waals surface area (Å²) in [5.41, 5.74) is -0.0941. The summed E-state index contributed by atoms with van der Waals surface area (Å²) >= 11 is 0. The van der Waals surface area contributed by atoms with Crippen LogP contribution in [-0.4, -0.2) is 30.6 Å². The van der Waals surface area contributed by atoms with E-state index in [4.69, 9.17) is 9.47 Å². The fraction of sp³-hybridized carbons (Fsp3) is 0.923. The van der Waals surface area contributed by atoms with Crippen molar-refractivity contribution in [3.63, 3.8) is 0 Å². The summed E-state index contributed by atoms with van der Waals surface area (Å²) in [4.78, 5) is 11.4. The summed E-state index contributed by atoms with van der Waals surface area (Å²) in [5, 5.41) is 9.49. The molecule has 0 fully saturated rings. The molecule has 0 aliphatic carbocycles. The van der Waals surface area contributed by atoms with Gasteiger partial charge in [0.05, 0.1) is 19.6 Å². The summed E-state index contributed by atoms with van der Waals surface area (Å²) in [6.45, 7) is 12.7. The molecule has 0 radical (unpaired) electrons. The quantitative estimate of drug-likeness (QED) is 0.597. The van der Waals surface area contributed by atoms with Gasteiger partial charge < -0.3 is 14.6 Å². The van der Waals surface area contributed by atoms with Crippen molar-refractivity contribution in [2.45, 2.75) is 54.3 Å². The number of aliphatic hydroxyl groups excluding tert-OH is 1. The zero-order valence-electron chi connectivity index (χ0n) is 11.9. The number of aliphatic hydroxyl groups is 1.